The second-order valence-corrected chi connectivity index (χ2v) is 11.2. The minimum Gasteiger partial charge on any atom is -0.496 e. The van der Waals surface area contributed by atoms with Crippen LogP contribution in [0.1, 0.15) is 84.6 Å². The first-order chi connectivity index (χ1) is 15.6. The largest absolute Gasteiger partial charge is 0.496 e. The number of piperidine rings is 1. The van der Waals surface area contributed by atoms with Gasteiger partial charge < -0.3 is 10.1 Å². The van der Waals surface area contributed by atoms with Gasteiger partial charge in [-0.3, -0.25) is 4.79 Å². The van der Waals surface area contributed by atoms with E-state index in [4.69, 9.17) is 4.74 Å². The molecule has 3 rings (SSSR count). The Kier molecular flexibility index (Phi) is 8.19. The van der Waals surface area contributed by atoms with Crippen molar-refractivity contribution in [2.75, 3.05) is 20.2 Å². The van der Waals surface area contributed by atoms with E-state index in [2.05, 4.69) is 25.2 Å². The van der Waals surface area contributed by atoms with Crippen molar-refractivity contribution >= 4 is 15.9 Å². The molecule has 0 aliphatic carbocycles. The molecule has 1 fully saturated rings. The first kappa shape index (κ1) is 25.2. The predicted molar refractivity (Wildman–Crippen MR) is 132 cm³/mol. The van der Waals surface area contributed by atoms with E-state index >= 15 is 0 Å². The first-order valence-electron chi connectivity index (χ1n) is 11.7. The van der Waals surface area contributed by atoms with Gasteiger partial charge in [0.15, 0.2) is 0 Å². The zero-order chi connectivity index (χ0) is 24.2. The summed E-state index contributed by atoms with van der Waals surface area (Å²) in [5.74, 6) is 0.944. The summed E-state index contributed by atoms with van der Waals surface area (Å²) in [6, 6.07) is 10.8. The first-order valence-corrected chi connectivity index (χ1v) is 13.3. The Bertz CT molecular complexity index is 1070. The Morgan fingerprint density at radius 3 is 2.24 bits per heavy atom. The van der Waals surface area contributed by atoms with Crippen LogP contribution in [0.4, 0.5) is 0 Å². The fourth-order valence-electron chi connectivity index (χ4n) is 4.37. The molecule has 0 saturated carbocycles. The van der Waals surface area contributed by atoms with E-state index in [9.17, 15) is 13.2 Å². The van der Waals surface area contributed by atoms with Gasteiger partial charge in [0.05, 0.1) is 18.9 Å². The van der Waals surface area contributed by atoms with Crippen molar-refractivity contribution in [2.24, 2.45) is 0 Å². The predicted octanol–water partition coefficient (Wildman–Crippen LogP) is 4.93. The number of benzene rings is 2. The lowest BCUT2D eigenvalue weighted by molar-refractivity contribution is 0.0940. The van der Waals surface area contributed by atoms with Crippen molar-refractivity contribution in [3.63, 3.8) is 0 Å². The summed E-state index contributed by atoms with van der Waals surface area (Å²) in [5.41, 5.74) is 4.42. The van der Waals surface area contributed by atoms with Crippen LogP contribution in [0.5, 0.6) is 5.75 Å². The minimum absolute atomic E-state index is 0.0334. The number of hydrogen-bond donors (Lipinski definition) is 1. The van der Waals surface area contributed by atoms with Gasteiger partial charge in [0, 0.05) is 18.7 Å². The quantitative estimate of drug-likeness (QED) is 0.591. The topological polar surface area (TPSA) is 75.7 Å². The number of sulfonamides is 1. The number of amides is 1. The van der Waals surface area contributed by atoms with Gasteiger partial charge in [-0.1, -0.05) is 32.4 Å². The van der Waals surface area contributed by atoms with E-state index in [1.807, 2.05) is 19.9 Å². The Labute approximate surface area is 198 Å². The van der Waals surface area contributed by atoms with E-state index in [1.54, 1.807) is 35.7 Å². The maximum Gasteiger partial charge on any atom is 0.251 e. The van der Waals surface area contributed by atoms with E-state index in [0.29, 0.717) is 30.1 Å². The highest BCUT2D eigenvalue weighted by Crippen LogP contribution is 2.32. The van der Waals surface area contributed by atoms with Gasteiger partial charge in [-0.25, -0.2) is 12.7 Å². The molecule has 180 valence electrons. The van der Waals surface area contributed by atoms with E-state index in [1.165, 1.54) is 0 Å². The fourth-order valence-corrected chi connectivity index (χ4v) is 5.98. The molecule has 6 nitrogen and oxygen atoms in total. The Morgan fingerprint density at radius 2 is 1.67 bits per heavy atom. The highest BCUT2D eigenvalue weighted by molar-refractivity contribution is 7.88. The third kappa shape index (κ3) is 6.15. The molecule has 0 radical (unpaired) electrons. The zero-order valence-corrected chi connectivity index (χ0v) is 21.2. The van der Waals surface area contributed by atoms with Gasteiger partial charge >= 0.3 is 0 Å². The number of rotatable bonds is 8. The van der Waals surface area contributed by atoms with Gasteiger partial charge in [0.25, 0.3) is 5.91 Å². The van der Waals surface area contributed by atoms with Crippen LogP contribution in [0.3, 0.4) is 0 Å². The standard InChI is InChI=1S/C26H36N2O4S/c1-18(2)23-16-24(19(3)15-25(23)32-5)20(4)27-26(29)22-11-9-21(10-12-22)17-33(30,31)28-13-7-6-8-14-28/h9-12,15-16,18,20H,6-8,13-14,17H2,1-5H3,(H,27,29)/t20-/m0/s1. The molecule has 1 aliphatic heterocycles. The highest BCUT2D eigenvalue weighted by atomic mass is 32.2. The number of hydrogen-bond acceptors (Lipinski definition) is 4. The molecule has 1 aliphatic rings. The lowest BCUT2D eigenvalue weighted by Crippen LogP contribution is -2.36. The van der Waals surface area contributed by atoms with Crippen molar-refractivity contribution in [1.29, 1.82) is 0 Å². The van der Waals surface area contributed by atoms with Gasteiger partial charge in [-0.2, -0.15) is 0 Å². The Hall–Kier alpha value is -2.38. The van der Waals surface area contributed by atoms with E-state index in [0.717, 1.165) is 41.7 Å². The van der Waals surface area contributed by atoms with Crippen molar-refractivity contribution in [2.45, 2.75) is 64.7 Å². The normalized spacial score (nSPS) is 15.9. The number of carbonyl (C=O) groups excluding carboxylic acids is 1. The van der Waals surface area contributed by atoms with Gasteiger partial charge in [-0.05, 0) is 79.1 Å². The molecule has 1 saturated heterocycles. The van der Waals surface area contributed by atoms with Crippen molar-refractivity contribution in [3.8, 4) is 5.75 Å². The number of aryl methyl sites for hydroxylation is 1. The molecule has 1 N–H and O–H groups in total. The maximum atomic E-state index is 12.9. The number of carbonyl (C=O) groups is 1. The summed E-state index contributed by atoms with van der Waals surface area (Å²) in [6.45, 7) is 9.42. The molecule has 0 unspecified atom stereocenters. The molecule has 0 aromatic heterocycles. The molecule has 1 atom stereocenters. The molecule has 2 aromatic carbocycles. The van der Waals surface area contributed by atoms with E-state index < -0.39 is 10.0 Å². The average molecular weight is 473 g/mol. The summed E-state index contributed by atoms with van der Waals surface area (Å²) >= 11 is 0. The van der Waals surface area contributed by atoms with Crippen LogP contribution in [0.2, 0.25) is 0 Å². The summed E-state index contributed by atoms with van der Waals surface area (Å²) in [4.78, 5) is 12.9. The second kappa shape index (κ2) is 10.7. The van der Waals surface area contributed by atoms with Gasteiger partial charge in [0.1, 0.15) is 5.75 Å². The molecule has 33 heavy (non-hydrogen) atoms. The van der Waals surface area contributed by atoms with Gasteiger partial charge in [-0.15, -0.1) is 0 Å². The zero-order valence-electron chi connectivity index (χ0n) is 20.3. The molecule has 0 bridgehead atoms. The number of ether oxygens (including phenoxy) is 1. The van der Waals surface area contributed by atoms with Crippen LogP contribution in [-0.2, 0) is 15.8 Å². The summed E-state index contributed by atoms with van der Waals surface area (Å²) in [5, 5.41) is 3.07. The third-order valence-electron chi connectivity index (χ3n) is 6.33. The summed E-state index contributed by atoms with van der Waals surface area (Å²) < 4.78 is 32.4. The smallest absolute Gasteiger partial charge is 0.251 e. The summed E-state index contributed by atoms with van der Waals surface area (Å²) in [7, 11) is -1.65. The highest BCUT2D eigenvalue weighted by Gasteiger charge is 2.24. The van der Waals surface area contributed by atoms with Crippen LogP contribution in [-0.4, -0.2) is 38.8 Å². The van der Waals surface area contributed by atoms with Crippen molar-refractivity contribution < 1.29 is 17.9 Å². The number of nitrogens with one attached hydrogen (secondary N) is 1. The molecule has 1 amide bonds. The van der Waals surface area contributed by atoms with Crippen LogP contribution < -0.4 is 10.1 Å². The fraction of sp³-hybridized carbons (Fsp3) is 0.500. The maximum absolute atomic E-state index is 12.9. The number of nitrogens with zero attached hydrogens (tertiary/aromatic N) is 1. The van der Waals surface area contributed by atoms with Gasteiger partial charge in [0.2, 0.25) is 10.0 Å². The monoisotopic (exact) mass is 472 g/mol. The second-order valence-electron chi connectivity index (χ2n) is 9.21. The molecular formula is C26H36N2O4S. The third-order valence-corrected chi connectivity index (χ3v) is 8.18. The van der Waals surface area contributed by atoms with Crippen LogP contribution in [0.15, 0.2) is 36.4 Å². The lowest BCUT2D eigenvalue weighted by Gasteiger charge is -2.25. The summed E-state index contributed by atoms with van der Waals surface area (Å²) in [6.07, 6.45) is 2.93. The van der Waals surface area contributed by atoms with Crippen molar-refractivity contribution in [3.05, 3.63) is 64.2 Å². The average Bonchev–Trinajstić information content (AvgIpc) is 2.79. The number of methoxy groups -OCH3 is 1. The van der Waals surface area contributed by atoms with Crippen molar-refractivity contribution in [1.82, 2.24) is 9.62 Å². The molecule has 0 spiro atoms. The van der Waals surface area contributed by atoms with Crippen LogP contribution in [0.25, 0.3) is 0 Å². The Morgan fingerprint density at radius 1 is 1.03 bits per heavy atom. The minimum atomic E-state index is -3.32. The Balaban J connectivity index is 1.69. The molecule has 7 heteroatoms. The lowest BCUT2D eigenvalue weighted by atomic mass is 9.93. The van der Waals surface area contributed by atoms with Crippen LogP contribution >= 0.6 is 0 Å². The molecular weight excluding hydrogens is 436 g/mol. The SMILES string of the molecule is COc1cc(C)c([C@H](C)NC(=O)c2ccc(CS(=O)(=O)N3CCCCC3)cc2)cc1C(C)C. The molecule has 1 heterocycles. The van der Waals surface area contributed by atoms with Crippen LogP contribution in [0, 0.1) is 6.92 Å². The molecule has 2 aromatic rings. The van der Waals surface area contributed by atoms with E-state index in [-0.39, 0.29) is 17.7 Å².